The summed E-state index contributed by atoms with van der Waals surface area (Å²) in [6.45, 7) is 0. The maximum atomic E-state index is 11.5. The number of methoxy groups -OCH3 is 2. The molecule has 1 aliphatic rings. The Hall–Kier alpha value is -3.05. The Morgan fingerprint density at radius 3 is 2.10 bits per heavy atom. The summed E-state index contributed by atoms with van der Waals surface area (Å²) in [6, 6.07) is 17.4. The van der Waals surface area contributed by atoms with E-state index in [1.54, 1.807) is 26.6 Å². The van der Waals surface area contributed by atoms with Gasteiger partial charge < -0.3 is 19.3 Å². The number of hydrogen-bond acceptors (Lipinski definition) is 5. The summed E-state index contributed by atoms with van der Waals surface area (Å²) >= 11 is 0. The van der Waals surface area contributed by atoms with Crippen molar-refractivity contribution in [2.45, 2.75) is 43.8 Å². The van der Waals surface area contributed by atoms with Crippen LogP contribution in [0.2, 0.25) is 0 Å². The Bertz CT molecular complexity index is 968. The minimum atomic E-state index is -0.771. The molecule has 1 N–H and O–H groups in total. The molecule has 5 heteroatoms. The Balaban J connectivity index is 1.69. The van der Waals surface area contributed by atoms with Crippen LogP contribution in [0, 0.1) is 0 Å². The van der Waals surface area contributed by atoms with Crippen molar-refractivity contribution >= 4 is 0 Å². The minimum absolute atomic E-state index is 0.207. The molecule has 0 saturated heterocycles. The highest BCUT2D eigenvalue weighted by Crippen LogP contribution is 2.40. The summed E-state index contributed by atoms with van der Waals surface area (Å²) in [5, 5.41) is 11.5. The Morgan fingerprint density at radius 2 is 1.45 bits per heavy atom. The number of ether oxygens (including phenoxy) is 3. The van der Waals surface area contributed by atoms with Gasteiger partial charge in [-0.3, -0.25) is 4.98 Å². The molecule has 2 atom stereocenters. The molecule has 3 aromatic rings. The molecule has 1 saturated carbocycles. The van der Waals surface area contributed by atoms with Crippen molar-refractivity contribution in [1.82, 2.24) is 4.98 Å². The van der Waals surface area contributed by atoms with Crippen LogP contribution in [0.3, 0.4) is 0 Å². The fourth-order valence-electron chi connectivity index (χ4n) is 4.29. The van der Waals surface area contributed by atoms with Gasteiger partial charge in [0.1, 0.15) is 5.75 Å². The number of nitrogens with zero attached hydrogens (tertiary/aromatic N) is 1. The van der Waals surface area contributed by atoms with E-state index in [1.807, 2.05) is 54.6 Å². The van der Waals surface area contributed by atoms with E-state index in [1.165, 1.54) is 12.8 Å². The number of benzene rings is 2. The molecule has 1 fully saturated rings. The molecule has 0 aliphatic heterocycles. The molecule has 2 aromatic carbocycles. The van der Waals surface area contributed by atoms with Gasteiger partial charge in [-0.25, -0.2) is 0 Å². The Kier molecular flexibility index (Phi) is 6.73. The normalized spacial score (nSPS) is 16.0. The molecule has 4 rings (SSSR count). The molecule has 31 heavy (non-hydrogen) atoms. The van der Waals surface area contributed by atoms with Crippen molar-refractivity contribution < 1.29 is 19.3 Å². The second kappa shape index (κ2) is 9.84. The molecular weight excluding hydrogens is 390 g/mol. The zero-order chi connectivity index (χ0) is 21.6. The van der Waals surface area contributed by atoms with Crippen molar-refractivity contribution in [2.24, 2.45) is 0 Å². The number of pyridine rings is 1. The average molecular weight is 420 g/mol. The second-order valence-corrected chi connectivity index (χ2v) is 7.91. The van der Waals surface area contributed by atoms with E-state index in [0.29, 0.717) is 11.5 Å². The third kappa shape index (κ3) is 4.83. The van der Waals surface area contributed by atoms with E-state index < -0.39 is 6.10 Å². The quantitative estimate of drug-likeness (QED) is 0.538. The van der Waals surface area contributed by atoms with Crippen LogP contribution in [0.4, 0.5) is 0 Å². The molecule has 162 valence electrons. The van der Waals surface area contributed by atoms with Crippen molar-refractivity contribution in [3.05, 3.63) is 83.7 Å². The van der Waals surface area contributed by atoms with E-state index in [-0.39, 0.29) is 12.0 Å². The van der Waals surface area contributed by atoms with Crippen molar-refractivity contribution in [1.29, 1.82) is 0 Å². The van der Waals surface area contributed by atoms with Gasteiger partial charge in [0, 0.05) is 18.3 Å². The van der Waals surface area contributed by atoms with Gasteiger partial charge >= 0.3 is 0 Å². The molecule has 0 spiro atoms. The van der Waals surface area contributed by atoms with Gasteiger partial charge in [0.05, 0.1) is 26.4 Å². The van der Waals surface area contributed by atoms with Crippen LogP contribution in [0.1, 0.15) is 54.4 Å². The smallest absolute Gasteiger partial charge is 0.161 e. The van der Waals surface area contributed by atoms with Crippen LogP contribution in [0.5, 0.6) is 17.2 Å². The van der Waals surface area contributed by atoms with Gasteiger partial charge in [-0.05, 0) is 78.8 Å². The maximum absolute atomic E-state index is 11.5. The van der Waals surface area contributed by atoms with Gasteiger partial charge in [-0.2, -0.15) is 0 Å². The van der Waals surface area contributed by atoms with Gasteiger partial charge in [-0.1, -0.05) is 18.2 Å². The fraction of sp³-hybridized carbons (Fsp3) is 0.346. The first kappa shape index (κ1) is 21.2. The van der Waals surface area contributed by atoms with Crippen LogP contribution in [0.25, 0.3) is 0 Å². The number of rotatable bonds is 8. The van der Waals surface area contributed by atoms with Crippen LogP contribution < -0.4 is 14.2 Å². The van der Waals surface area contributed by atoms with Crippen LogP contribution in [0.15, 0.2) is 67.0 Å². The predicted molar refractivity (Wildman–Crippen MR) is 120 cm³/mol. The average Bonchev–Trinajstić information content (AvgIpc) is 3.33. The number of aromatic nitrogens is 1. The molecule has 0 bridgehead atoms. The largest absolute Gasteiger partial charge is 0.497 e. The van der Waals surface area contributed by atoms with Crippen molar-refractivity contribution in [2.75, 3.05) is 14.2 Å². The summed E-state index contributed by atoms with van der Waals surface area (Å²) in [7, 11) is 3.29. The standard InChI is InChI=1S/C26H29NO4/c1-29-21-10-7-18(8-11-21)25(19-13-15-27-16-14-19)26(28)20-9-12-23(30-2)24(17-20)31-22-5-3-4-6-22/h7-17,22,25-26,28H,3-6H2,1-2H3. The van der Waals surface area contributed by atoms with Gasteiger partial charge in [0.25, 0.3) is 0 Å². The van der Waals surface area contributed by atoms with E-state index in [0.717, 1.165) is 35.3 Å². The molecule has 0 radical (unpaired) electrons. The highest BCUT2D eigenvalue weighted by atomic mass is 16.5. The lowest BCUT2D eigenvalue weighted by atomic mass is 9.84. The number of hydrogen-bond donors (Lipinski definition) is 1. The molecular formula is C26H29NO4. The second-order valence-electron chi connectivity index (χ2n) is 7.91. The fourth-order valence-corrected chi connectivity index (χ4v) is 4.29. The first-order valence-corrected chi connectivity index (χ1v) is 10.8. The number of aliphatic hydroxyl groups excluding tert-OH is 1. The summed E-state index contributed by atoms with van der Waals surface area (Å²) in [4.78, 5) is 4.14. The summed E-state index contributed by atoms with van der Waals surface area (Å²) < 4.78 is 17.1. The van der Waals surface area contributed by atoms with Crippen LogP contribution in [-0.4, -0.2) is 30.4 Å². The van der Waals surface area contributed by atoms with Crippen LogP contribution in [-0.2, 0) is 0 Å². The van der Waals surface area contributed by atoms with E-state index in [2.05, 4.69) is 4.98 Å². The van der Waals surface area contributed by atoms with Gasteiger partial charge in [0.15, 0.2) is 11.5 Å². The molecule has 0 amide bonds. The zero-order valence-electron chi connectivity index (χ0n) is 18.0. The highest BCUT2D eigenvalue weighted by molar-refractivity contribution is 5.46. The summed E-state index contributed by atoms with van der Waals surface area (Å²) in [5.74, 6) is 1.90. The molecule has 1 aliphatic carbocycles. The lowest BCUT2D eigenvalue weighted by molar-refractivity contribution is 0.157. The highest BCUT2D eigenvalue weighted by Gasteiger charge is 2.27. The first-order chi connectivity index (χ1) is 15.2. The van der Waals surface area contributed by atoms with E-state index in [4.69, 9.17) is 14.2 Å². The van der Waals surface area contributed by atoms with Crippen molar-refractivity contribution in [3.63, 3.8) is 0 Å². The zero-order valence-corrected chi connectivity index (χ0v) is 18.0. The molecule has 5 nitrogen and oxygen atoms in total. The summed E-state index contributed by atoms with van der Waals surface area (Å²) in [5.41, 5.74) is 2.77. The number of aliphatic hydroxyl groups is 1. The minimum Gasteiger partial charge on any atom is -0.497 e. The van der Waals surface area contributed by atoms with Gasteiger partial charge in [-0.15, -0.1) is 0 Å². The third-order valence-corrected chi connectivity index (χ3v) is 5.98. The van der Waals surface area contributed by atoms with E-state index >= 15 is 0 Å². The topological polar surface area (TPSA) is 60.8 Å². The third-order valence-electron chi connectivity index (χ3n) is 5.98. The monoisotopic (exact) mass is 419 g/mol. The lowest BCUT2D eigenvalue weighted by Crippen LogP contribution is -2.15. The summed E-state index contributed by atoms with van der Waals surface area (Å²) in [6.07, 6.45) is 7.44. The lowest BCUT2D eigenvalue weighted by Gasteiger charge is -2.25. The molecule has 1 aromatic heterocycles. The Morgan fingerprint density at radius 1 is 0.806 bits per heavy atom. The van der Waals surface area contributed by atoms with Crippen molar-refractivity contribution in [3.8, 4) is 17.2 Å². The SMILES string of the molecule is COc1ccc(C(c2ccncc2)C(O)c2ccc(OC)c(OC3CCCC3)c2)cc1. The Labute approximate surface area is 183 Å². The predicted octanol–water partition coefficient (Wildman–Crippen LogP) is 5.29. The van der Waals surface area contributed by atoms with Crippen LogP contribution >= 0.6 is 0 Å². The van der Waals surface area contributed by atoms with E-state index in [9.17, 15) is 5.11 Å². The molecule has 1 heterocycles. The molecule has 2 unspecified atom stereocenters. The van der Waals surface area contributed by atoms with Gasteiger partial charge in [0.2, 0.25) is 0 Å². The first-order valence-electron chi connectivity index (χ1n) is 10.8. The maximum Gasteiger partial charge on any atom is 0.161 e.